The van der Waals surface area contributed by atoms with E-state index in [1.807, 2.05) is 0 Å². The van der Waals surface area contributed by atoms with Gasteiger partial charge in [-0.1, -0.05) is 0 Å². The summed E-state index contributed by atoms with van der Waals surface area (Å²) in [6.45, 7) is 0. The van der Waals surface area contributed by atoms with Gasteiger partial charge >= 0.3 is 0 Å². The Morgan fingerprint density at radius 1 is 1.86 bits per heavy atom. The van der Waals surface area contributed by atoms with Crippen molar-refractivity contribution >= 4 is 63.6 Å². The van der Waals surface area contributed by atoms with E-state index in [1.54, 1.807) is 0 Å². The molecule has 3 nitrogen and oxygen atoms in total. The Morgan fingerprint density at radius 2 is 2.57 bits per heavy atom. The predicted molar refractivity (Wildman–Crippen MR) is 27.4 cm³/mol. The van der Waals surface area contributed by atoms with Gasteiger partial charge in [0.05, 0.1) is 0 Å². The van der Waals surface area contributed by atoms with E-state index in [0.29, 0.717) is 4.84 Å². The summed E-state index contributed by atoms with van der Waals surface area (Å²) in [5, 5.41) is 5.82. The minimum Gasteiger partial charge on any atom is -0.417 e. The molecular formula is C2H2KN2OS. The maximum absolute atomic E-state index is 4.48. The quantitative estimate of drug-likeness (QED) is 0.419. The molecule has 1 aromatic heterocycles. The Balaban J connectivity index is 0.000000360. The molecule has 1 aromatic rings. The van der Waals surface area contributed by atoms with Crippen LogP contribution in [0.15, 0.2) is 10.8 Å². The van der Waals surface area contributed by atoms with Crippen molar-refractivity contribution in [1.82, 2.24) is 10.2 Å². The second-order valence-electron chi connectivity index (χ2n) is 0.752. The number of rotatable bonds is 0. The molecule has 0 atom stereocenters. The van der Waals surface area contributed by atoms with Crippen LogP contribution in [-0.2, 0) is 0 Å². The smallest absolute Gasteiger partial charge is 0.284 e. The molecule has 5 heteroatoms. The molecule has 33 valence electrons. The summed E-state index contributed by atoms with van der Waals surface area (Å²) in [5.41, 5.74) is 0. The van der Waals surface area contributed by atoms with Crippen LogP contribution in [0.2, 0.25) is 0 Å². The van der Waals surface area contributed by atoms with Gasteiger partial charge in [0.15, 0.2) is 0 Å². The maximum Gasteiger partial charge on any atom is 0.284 e. The van der Waals surface area contributed by atoms with Gasteiger partial charge in [-0.2, -0.15) is 0 Å². The first-order valence-electron chi connectivity index (χ1n) is 1.38. The van der Waals surface area contributed by atoms with Crippen LogP contribution in [0, 0.1) is 4.84 Å². The number of aromatic amines is 1. The third kappa shape index (κ3) is 2.73. The molecule has 0 aliphatic heterocycles. The van der Waals surface area contributed by atoms with E-state index in [4.69, 9.17) is 0 Å². The summed E-state index contributed by atoms with van der Waals surface area (Å²) in [7, 11) is 0. The van der Waals surface area contributed by atoms with Crippen LogP contribution in [0.4, 0.5) is 0 Å². The second kappa shape index (κ2) is 3.93. The molecule has 1 radical (unpaired) electrons. The minimum absolute atomic E-state index is 0. The fourth-order valence-electron chi connectivity index (χ4n) is 0.180. The Morgan fingerprint density at radius 3 is 2.71 bits per heavy atom. The first kappa shape index (κ1) is 8.00. The van der Waals surface area contributed by atoms with Crippen LogP contribution in [0.1, 0.15) is 0 Å². The first-order valence-corrected chi connectivity index (χ1v) is 1.78. The van der Waals surface area contributed by atoms with Crippen molar-refractivity contribution in [3.63, 3.8) is 0 Å². The minimum atomic E-state index is 0. The molecule has 0 saturated carbocycles. The van der Waals surface area contributed by atoms with Gasteiger partial charge in [0, 0.05) is 51.4 Å². The molecule has 7 heavy (non-hydrogen) atoms. The third-order valence-corrected chi connectivity index (χ3v) is 0.556. The number of nitrogens with one attached hydrogen (secondary N) is 1. The van der Waals surface area contributed by atoms with E-state index < -0.39 is 0 Å². The monoisotopic (exact) mass is 141 g/mol. The number of nitrogens with zero attached hydrogens (tertiary/aromatic N) is 1. The van der Waals surface area contributed by atoms with Crippen LogP contribution >= 0.6 is 12.2 Å². The van der Waals surface area contributed by atoms with Crippen LogP contribution < -0.4 is 0 Å². The van der Waals surface area contributed by atoms with Crippen LogP contribution in [-0.4, -0.2) is 61.6 Å². The van der Waals surface area contributed by atoms with Gasteiger partial charge in [0.25, 0.3) is 4.84 Å². The summed E-state index contributed by atoms with van der Waals surface area (Å²) < 4.78 is 4.48. The van der Waals surface area contributed by atoms with Crippen molar-refractivity contribution in [3.8, 4) is 0 Å². The Labute approximate surface area is 87.9 Å². The SMILES string of the molecule is S=c1[nH]nco1.[K]. The molecule has 0 unspecified atom stereocenters. The molecule has 0 fully saturated rings. The summed E-state index contributed by atoms with van der Waals surface area (Å²) in [5.74, 6) is 0. The summed E-state index contributed by atoms with van der Waals surface area (Å²) in [6, 6.07) is 0. The van der Waals surface area contributed by atoms with Gasteiger partial charge in [0.1, 0.15) is 0 Å². The number of hydrogen-bond donors (Lipinski definition) is 1. The van der Waals surface area contributed by atoms with E-state index >= 15 is 0 Å². The molecule has 0 spiro atoms. The molecule has 0 amide bonds. The zero-order chi connectivity index (χ0) is 4.41. The molecule has 1 N–H and O–H groups in total. The van der Waals surface area contributed by atoms with Crippen molar-refractivity contribution in [1.29, 1.82) is 0 Å². The van der Waals surface area contributed by atoms with Crippen molar-refractivity contribution in [2.24, 2.45) is 0 Å². The molecule has 0 aliphatic carbocycles. The van der Waals surface area contributed by atoms with Gasteiger partial charge in [-0.05, 0) is 12.2 Å². The molecular weight excluding hydrogens is 139 g/mol. The topological polar surface area (TPSA) is 41.8 Å². The fourth-order valence-corrected chi connectivity index (χ4v) is 0.275. The Hall–Kier alpha value is 0.996. The standard InChI is InChI=1S/C2H2N2OS.K/c6-2-4-3-1-5-2;/h1H,(H,4,6);. The largest absolute Gasteiger partial charge is 0.417 e. The normalized spacial score (nSPS) is 7.43. The van der Waals surface area contributed by atoms with E-state index in [9.17, 15) is 0 Å². The van der Waals surface area contributed by atoms with Gasteiger partial charge in [-0.3, -0.25) is 0 Å². The molecule has 0 aromatic carbocycles. The molecule has 1 rings (SSSR count). The van der Waals surface area contributed by atoms with Crippen molar-refractivity contribution < 1.29 is 4.42 Å². The van der Waals surface area contributed by atoms with E-state index in [1.165, 1.54) is 6.39 Å². The number of hydrogen-bond acceptors (Lipinski definition) is 3. The zero-order valence-corrected chi connectivity index (χ0v) is 7.78. The zero-order valence-electron chi connectivity index (χ0n) is 3.84. The van der Waals surface area contributed by atoms with Crippen LogP contribution in [0.3, 0.4) is 0 Å². The second-order valence-corrected chi connectivity index (χ2v) is 1.12. The molecule has 1 heterocycles. The van der Waals surface area contributed by atoms with Gasteiger partial charge < -0.3 is 4.42 Å². The van der Waals surface area contributed by atoms with Gasteiger partial charge in [-0.15, -0.1) is 5.10 Å². The summed E-state index contributed by atoms with van der Waals surface area (Å²) in [4.78, 5) is 0.315. The average molecular weight is 141 g/mol. The fraction of sp³-hybridized carbons (Fsp3) is 0. The summed E-state index contributed by atoms with van der Waals surface area (Å²) >= 11 is 4.46. The first-order chi connectivity index (χ1) is 2.89. The average Bonchev–Trinajstić information content (AvgIpc) is 1.86. The number of aromatic nitrogens is 2. The van der Waals surface area contributed by atoms with Gasteiger partial charge in [-0.25, -0.2) is 5.10 Å². The van der Waals surface area contributed by atoms with Crippen molar-refractivity contribution in [3.05, 3.63) is 11.2 Å². The predicted octanol–water partition coefficient (Wildman–Crippen LogP) is 0.351. The van der Waals surface area contributed by atoms with Crippen molar-refractivity contribution in [2.75, 3.05) is 0 Å². The molecule has 0 bridgehead atoms. The third-order valence-electron chi connectivity index (χ3n) is 0.368. The van der Waals surface area contributed by atoms with E-state index in [0.717, 1.165) is 0 Å². The van der Waals surface area contributed by atoms with Crippen LogP contribution in [0.5, 0.6) is 0 Å². The Kier molecular flexibility index (Phi) is 4.49. The Bertz CT molecular complexity index is 153. The maximum atomic E-state index is 4.48. The van der Waals surface area contributed by atoms with Gasteiger partial charge in [0.2, 0.25) is 6.39 Å². The number of H-pyrrole nitrogens is 1. The summed E-state index contributed by atoms with van der Waals surface area (Å²) in [6.07, 6.45) is 1.25. The molecule has 0 saturated heterocycles. The van der Waals surface area contributed by atoms with Crippen molar-refractivity contribution in [2.45, 2.75) is 0 Å². The van der Waals surface area contributed by atoms with Crippen LogP contribution in [0.25, 0.3) is 0 Å². The molecule has 0 aliphatic rings. The van der Waals surface area contributed by atoms with E-state index in [2.05, 4.69) is 26.8 Å². The van der Waals surface area contributed by atoms with E-state index in [-0.39, 0.29) is 51.4 Å².